The van der Waals surface area contributed by atoms with Crippen molar-refractivity contribution in [3.8, 4) is 0 Å². The van der Waals surface area contributed by atoms with Gasteiger partial charge in [-0.05, 0) is 39.6 Å². The molecule has 0 aliphatic heterocycles. The number of nitrogens with zero attached hydrogens (tertiary/aromatic N) is 1. The molecule has 100 valence electrons. The molecule has 0 aliphatic carbocycles. The van der Waals surface area contributed by atoms with Gasteiger partial charge in [-0.3, -0.25) is 4.79 Å². The normalized spacial score (nSPS) is 10.5. The van der Waals surface area contributed by atoms with E-state index in [-0.39, 0.29) is 11.9 Å². The zero-order valence-corrected chi connectivity index (χ0v) is 11.9. The molecule has 1 N–H and O–H groups in total. The number of aryl methyl sites for hydroxylation is 1. The molecule has 1 heterocycles. The molecular weight excluding hydrogens is 252 g/mol. The summed E-state index contributed by atoms with van der Waals surface area (Å²) in [5, 5.41) is 3.43. The number of ether oxygens (including phenoxy) is 1. The summed E-state index contributed by atoms with van der Waals surface area (Å²) in [7, 11) is 3.65. The molecule has 0 fully saturated rings. The van der Waals surface area contributed by atoms with E-state index in [1.54, 1.807) is 17.9 Å². The van der Waals surface area contributed by atoms with Crippen LogP contribution in [0.2, 0.25) is 0 Å². The molecule has 0 aliphatic rings. The first kappa shape index (κ1) is 14.7. The lowest BCUT2D eigenvalue weighted by Gasteiger charge is -2.08. The van der Waals surface area contributed by atoms with Gasteiger partial charge in [0.2, 0.25) is 5.91 Å². The molecule has 0 unspecified atom stereocenters. The smallest absolute Gasteiger partial charge is 0.348 e. The highest BCUT2D eigenvalue weighted by Gasteiger charge is 2.15. The lowest BCUT2D eigenvalue weighted by Crippen LogP contribution is -2.26. The molecular formula is C12H18N2O3S. The largest absolute Gasteiger partial charge is 0.462 e. The van der Waals surface area contributed by atoms with Gasteiger partial charge in [-0.25, -0.2) is 4.79 Å². The number of hydrogen-bond acceptors (Lipinski definition) is 5. The van der Waals surface area contributed by atoms with Crippen molar-refractivity contribution in [2.75, 3.05) is 32.6 Å². The van der Waals surface area contributed by atoms with E-state index in [9.17, 15) is 9.59 Å². The highest BCUT2D eigenvalue weighted by molar-refractivity contribution is 7.18. The van der Waals surface area contributed by atoms with Gasteiger partial charge in [0.05, 0.1) is 18.2 Å². The topological polar surface area (TPSA) is 58.6 Å². The number of rotatable bonds is 5. The van der Waals surface area contributed by atoms with Crippen molar-refractivity contribution >= 4 is 28.2 Å². The highest BCUT2D eigenvalue weighted by atomic mass is 32.1. The lowest BCUT2D eigenvalue weighted by atomic mass is 10.3. The fourth-order valence-electron chi connectivity index (χ4n) is 1.41. The number of esters is 1. The fourth-order valence-corrected chi connectivity index (χ4v) is 2.39. The Morgan fingerprint density at radius 2 is 2.11 bits per heavy atom. The summed E-state index contributed by atoms with van der Waals surface area (Å²) in [4.78, 5) is 25.5. The van der Waals surface area contributed by atoms with Gasteiger partial charge < -0.3 is 15.0 Å². The molecule has 0 spiro atoms. The van der Waals surface area contributed by atoms with E-state index in [0.29, 0.717) is 23.0 Å². The van der Waals surface area contributed by atoms with Crippen LogP contribution in [-0.4, -0.2) is 44.0 Å². The average molecular weight is 270 g/mol. The van der Waals surface area contributed by atoms with Gasteiger partial charge in [-0.15, -0.1) is 11.3 Å². The van der Waals surface area contributed by atoms with E-state index in [1.807, 2.05) is 21.0 Å². The minimum atomic E-state index is -0.340. The van der Waals surface area contributed by atoms with E-state index in [2.05, 4.69) is 5.32 Å². The number of hydrogen-bond donors (Lipinski definition) is 1. The number of anilines is 1. The van der Waals surface area contributed by atoms with Gasteiger partial charge >= 0.3 is 5.97 Å². The van der Waals surface area contributed by atoms with Gasteiger partial charge in [0, 0.05) is 0 Å². The Hall–Kier alpha value is -1.40. The van der Waals surface area contributed by atoms with Crippen LogP contribution in [0.4, 0.5) is 5.00 Å². The molecule has 0 radical (unpaired) electrons. The summed E-state index contributed by atoms with van der Waals surface area (Å²) < 4.78 is 4.94. The molecule has 0 bridgehead atoms. The second kappa shape index (κ2) is 6.51. The van der Waals surface area contributed by atoms with Crippen LogP contribution in [0.5, 0.6) is 0 Å². The van der Waals surface area contributed by atoms with Crippen molar-refractivity contribution < 1.29 is 14.3 Å². The average Bonchev–Trinajstić information content (AvgIpc) is 2.58. The zero-order valence-electron chi connectivity index (χ0n) is 11.1. The van der Waals surface area contributed by atoms with E-state index in [0.717, 1.165) is 5.56 Å². The van der Waals surface area contributed by atoms with Crippen molar-refractivity contribution in [3.05, 3.63) is 16.5 Å². The van der Waals surface area contributed by atoms with E-state index < -0.39 is 0 Å². The van der Waals surface area contributed by atoms with Crippen molar-refractivity contribution in [3.63, 3.8) is 0 Å². The Kier molecular flexibility index (Phi) is 5.30. The molecule has 5 nitrogen and oxygen atoms in total. The molecule has 6 heteroatoms. The van der Waals surface area contributed by atoms with E-state index in [4.69, 9.17) is 4.74 Å². The predicted molar refractivity (Wildman–Crippen MR) is 72.2 cm³/mol. The lowest BCUT2D eigenvalue weighted by molar-refractivity contribution is -0.116. The number of likely N-dealkylation sites (N-methyl/N-ethyl adjacent to an activating group) is 1. The molecule has 18 heavy (non-hydrogen) atoms. The number of carbonyl (C=O) groups is 2. The maximum absolute atomic E-state index is 11.6. The summed E-state index contributed by atoms with van der Waals surface area (Å²) >= 11 is 1.24. The van der Waals surface area contributed by atoms with Crippen LogP contribution in [0, 0.1) is 6.92 Å². The van der Waals surface area contributed by atoms with Crippen molar-refractivity contribution in [2.24, 2.45) is 0 Å². The van der Waals surface area contributed by atoms with Gasteiger partial charge in [-0.1, -0.05) is 0 Å². The van der Waals surface area contributed by atoms with Crippen LogP contribution in [-0.2, 0) is 9.53 Å². The number of carbonyl (C=O) groups excluding carboxylic acids is 2. The van der Waals surface area contributed by atoms with Gasteiger partial charge in [0.15, 0.2) is 0 Å². The molecule has 1 amide bonds. The molecule has 0 atom stereocenters. The van der Waals surface area contributed by atoms with Crippen molar-refractivity contribution in [2.45, 2.75) is 13.8 Å². The van der Waals surface area contributed by atoms with Gasteiger partial charge in [0.1, 0.15) is 4.88 Å². The minimum Gasteiger partial charge on any atom is -0.462 e. The van der Waals surface area contributed by atoms with Crippen molar-refractivity contribution in [1.29, 1.82) is 0 Å². The summed E-state index contributed by atoms with van der Waals surface area (Å²) in [6.07, 6.45) is 0. The van der Waals surface area contributed by atoms with Gasteiger partial charge in [0.25, 0.3) is 0 Å². The fraction of sp³-hybridized carbons (Fsp3) is 0.500. The van der Waals surface area contributed by atoms with Gasteiger partial charge in [-0.2, -0.15) is 0 Å². The SMILES string of the molecule is CCOC(=O)c1sc(NC(=O)CN(C)C)cc1C. The van der Waals surface area contributed by atoms with Crippen LogP contribution in [0.3, 0.4) is 0 Å². The third-order valence-electron chi connectivity index (χ3n) is 2.10. The first-order valence-electron chi connectivity index (χ1n) is 5.66. The standard InChI is InChI=1S/C12H18N2O3S/c1-5-17-12(16)11-8(2)6-10(18-11)13-9(15)7-14(3)4/h6H,5,7H2,1-4H3,(H,13,15). The Morgan fingerprint density at radius 3 is 2.67 bits per heavy atom. The summed E-state index contributed by atoms with van der Waals surface area (Å²) in [6, 6.07) is 1.78. The van der Waals surface area contributed by atoms with E-state index in [1.165, 1.54) is 11.3 Å². The Balaban J connectivity index is 2.72. The number of amides is 1. The third-order valence-corrected chi connectivity index (χ3v) is 3.23. The summed E-state index contributed by atoms with van der Waals surface area (Å²) in [6.45, 7) is 4.25. The zero-order chi connectivity index (χ0) is 13.7. The summed E-state index contributed by atoms with van der Waals surface area (Å²) in [5.41, 5.74) is 0.818. The maximum atomic E-state index is 11.6. The first-order valence-corrected chi connectivity index (χ1v) is 6.47. The second-order valence-electron chi connectivity index (χ2n) is 4.13. The molecule has 1 aromatic rings. The predicted octanol–water partition coefficient (Wildman–Crippen LogP) is 1.73. The van der Waals surface area contributed by atoms with Crippen LogP contribution in [0.15, 0.2) is 6.07 Å². The van der Waals surface area contributed by atoms with Crippen LogP contribution >= 0.6 is 11.3 Å². The van der Waals surface area contributed by atoms with Crippen molar-refractivity contribution in [1.82, 2.24) is 4.90 Å². The quantitative estimate of drug-likeness (QED) is 0.828. The molecule has 0 saturated carbocycles. The Labute approximate surface area is 111 Å². The maximum Gasteiger partial charge on any atom is 0.348 e. The highest BCUT2D eigenvalue weighted by Crippen LogP contribution is 2.27. The third kappa shape index (κ3) is 4.12. The van der Waals surface area contributed by atoms with Crippen LogP contribution < -0.4 is 5.32 Å². The first-order chi connectivity index (χ1) is 8.43. The second-order valence-corrected chi connectivity index (χ2v) is 5.18. The number of nitrogens with one attached hydrogen (secondary N) is 1. The summed E-state index contributed by atoms with van der Waals surface area (Å²) in [5.74, 6) is -0.440. The molecule has 0 aromatic carbocycles. The number of thiophene rings is 1. The Bertz CT molecular complexity index is 441. The molecule has 0 saturated heterocycles. The monoisotopic (exact) mass is 270 g/mol. The van der Waals surface area contributed by atoms with Crippen LogP contribution in [0.25, 0.3) is 0 Å². The van der Waals surface area contributed by atoms with Crippen LogP contribution in [0.1, 0.15) is 22.2 Å². The molecule has 1 rings (SSSR count). The molecule has 1 aromatic heterocycles. The van der Waals surface area contributed by atoms with E-state index >= 15 is 0 Å². The Morgan fingerprint density at radius 1 is 1.44 bits per heavy atom. The minimum absolute atomic E-state index is 0.100.